The van der Waals surface area contributed by atoms with Gasteiger partial charge in [0, 0.05) is 11.1 Å². The molecular formula is C24H17NO3. The van der Waals surface area contributed by atoms with Gasteiger partial charge in [-0.05, 0) is 39.7 Å². The topological polar surface area (TPSA) is 59.4 Å². The SMILES string of the molecule is COC(=O)c1cc(C#Cc2c3ccccc3cc3ccccc23)cc(CO)n1. The highest BCUT2D eigenvalue weighted by Crippen LogP contribution is 2.27. The Kier molecular flexibility index (Phi) is 4.76. The Morgan fingerprint density at radius 1 is 0.964 bits per heavy atom. The van der Waals surface area contributed by atoms with Gasteiger partial charge < -0.3 is 9.84 Å². The van der Waals surface area contributed by atoms with Gasteiger partial charge >= 0.3 is 5.97 Å². The maximum absolute atomic E-state index is 11.8. The third-order valence-corrected chi connectivity index (χ3v) is 4.54. The molecule has 3 aromatic carbocycles. The molecule has 0 aliphatic heterocycles. The maximum Gasteiger partial charge on any atom is 0.356 e. The molecule has 1 aromatic heterocycles. The second kappa shape index (κ2) is 7.51. The fraction of sp³-hybridized carbons (Fsp3) is 0.0833. The first kappa shape index (κ1) is 17.7. The van der Waals surface area contributed by atoms with Crippen LogP contribution in [-0.2, 0) is 11.3 Å². The van der Waals surface area contributed by atoms with Crippen molar-refractivity contribution >= 4 is 27.5 Å². The molecule has 1 N–H and O–H groups in total. The first-order valence-corrected chi connectivity index (χ1v) is 8.82. The predicted molar refractivity (Wildman–Crippen MR) is 109 cm³/mol. The van der Waals surface area contributed by atoms with Crippen LogP contribution in [0.1, 0.15) is 27.3 Å². The molecule has 4 aromatic rings. The molecule has 4 rings (SSSR count). The number of aliphatic hydroxyl groups is 1. The summed E-state index contributed by atoms with van der Waals surface area (Å²) in [6, 6.07) is 21.6. The lowest BCUT2D eigenvalue weighted by atomic mass is 9.97. The Labute approximate surface area is 162 Å². The molecule has 136 valence electrons. The van der Waals surface area contributed by atoms with Gasteiger partial charge in [-0.2, -0.15) is 0 Å². The van der Waals surface area contributed by atoms with Crippen molar-refractivity contribution < 1.29 is 14.6 Å². The predicted octanol–water partition coefficient (Wildman–Crippen LogP) is 4.07. The summed E-state index contributed by atoms with van der Waals surface area (Å²) in [4.78, 5) is 15.9. The number of esters is 1. The van der Waals surface area contributed by atoms with E-state index in [-0.39, 0.29) is 12.3 Å². The van der Waals surface area contributed by atoms with Crippen LogP contribution in [0.2, 0.25) is 0 Å². The number of carbonyl (C=O) groups is 1. The van der Waals surface area contributed by atoms with Gasteiger partial charge in [-0.15, -0.1) is 0 Å². The number of aromatic nitrogens is 1. The van der Waals surface area contributed by atoms with Gasteiger partial charge in [0.05, 0.1) is 19.4 Å². The number of hydrogen-bond acceptors (Lipinski definition) is 4. The highest BCUT2D eigenvalue weighted by molar-refractivity contribution is 6.04. The summed E-state index contributed by atoms with van der Waals surface area (Å²) in [5, 5.41) is 13.8. The van der Waals surface area contributed by atoms with Crippen molar-refractivity contribution in [3.63, 3.8) is 0 Å². The van der Waals surface area contributed by atoms with E-state index >= 15 is 0 Å². The molecule has 0 aliphatic rings. The van der Waals surface area contributed by atoms with E-state index in [2.05, 4.69) is 47.2 Å². The van der Waals surface area contributed by atoms with Crippen molar-refractivity contribution in [3.8, 4) is 11.8 Å². The van der Waals surface area contributed by atoms with Gasteiger partial charge in [-0.3, -0.25) is 0 Å². The lowest BCUT2D eigenvalue weighted by molar-refractivity contribution is 0.0593. The number of hydrogen-bond donors (Lipinski definition) is 1. The normalized spacial score (nSPS) is 10.5. The van der Waals surface area contributed by atoms with Gasteiger partial charge in [0.25, 0.3) is 0 Å². The number of nitrogens with zero attached hydrogens (tertiary/aromatic N) is 1. The van der Waals surface area contributed by atoms with E-state index in [1.54, 1.807) is 12.1 Å². The van der Waals surface area contributed by atoms with Crippen molar-refractivity contribution in [2.75, 3.05) is 7.11 Å². The van der Waals surface area contributed by atoms with E-state index in [0.29, 0.717) is 11.3 Å². The summed E-state index contributed by atoms with van der Waals surface area (Å²) in [5.41, 5.74) is 2.02. The number of benzene rings is 3. The zero-order chi connectivity index (χ0) is 19.5. The van der Waals surface area contributed by atoms with Gasteiger partial charge in [-0.1, -0.05) is 60.4 Å². The molecule has 0 fully saturated rings. The van der Waals surface area contributed by atoms with Crippen LogP contribution in [0.15, 0.2) is 66.7 Å². The van der Waals surface area contributed by atoms with Gasteiger partial charge in [0.15, 0.2) is 0 Å². The van der Waals surface area contributed by atoms with Crippen molar-refractivity contribution in [2.24, 2.45) is 0 Å². The highest BCUT2D eigenvalue weighted by atomic mass is 16.5. The molecule has 28 heavy (non-hydrogen) atoms. The van der Waals surface area contributed by atoms with Gasteiger partial charge in [0.2, 0.25) is 0 Å². The zero-order valence-electron chi connectivity index (χ0n) is 15.3. The van der Waals surface area contributed by atoms with Crippen LogP contribution < -0.4 is 0 Å². The second-order valence-electron chi connectivity index (χ2n) is 6.33. The maximum atomic E-state index is 11.8. The molecule has 0 atom stereocenters. The van der Waals surface area contributed by atoms with Crippen LogP contribution in [0, 0.1) is 11.8 Å². The lowest BCUT2D eigenvalue weighted by Gasteiger charge is -2.07. The van der Waals surface area contributed by atoms with Crippen LogP contribution in [0.5, 0.6) is 0 Å². The molecule has 4 heteroatoms. The molecular weight excluding hydrogens is 350 g/mol. The number of methoxy groups -OCH3 is 1. The van der Waals surface area contributed by atoms with Crippen molar-refractivity contribution in [2.45, 2.75) is 6.61 Å². The minimum atomic E-state index is -0.561. The minimum absolute atomic E-state index is 0.126. The van der Waals surface area contributed by atoms with Crippen LogP contribution in [0.4, 0.5) is 0 Å². The number of fused-ring (bicyclic) bond motifs is 2. The first-order chi connectivity index (χ1) is 13.7. The molecule has 1 heterocycles. The Hall–Kier alpha value is -3.68. The molecule has 0 bridgehead atoms. The van der Waals surface area contributed by atoms with Crippen LogP contribution in [0.25, 0.3) is 21.5 Å². The number of carbonyl (C=O) groups excluding carboxylic acids is 1. The standard InChI is InChI=1S/C24H17NO3/c1-28-24(27)23-13-16(12-19(15-26)25-23)10-11-22-20-8-4-2-6-17(20)14-18-7-3-5-9-21(18)22/h2-9,12-14,26H,15H2,1H3. The fourth-order valence-electron chi connectivity index (χ4n) is 3.23. The van der Waals surface area contributed by atoms with Crippen molar-refractivity contribution in [1.29, 1.82) is 0 Å². The number of pyridine rings is 1. The van der Waals surface area contributed by atoms with Crippen molar-refractivity contribution in [1.82, 2.24) is 4.98 Å². The third-order valence-electron chi connectivity index (χ3n) is 4.54. The van der Waals surface area contributed by atoms with E-state index in [9.17, 15) is 9.90 Å². The fourth-order valence-corrected chi connectivity index (χ4v) is 3.23. The van der Waals surface area contributed by atoms with E-state index < -0.39 is 5.97 Å². The van der Waals surface area contributed by atoms with Crippen molar-refractivity contribution in [3.05, 3.63) is 89.2 Å². The summed E-state index contributed by atoms with van der Waals surface area (Å²) in [6.07, 6.45) is 0. The highest BCUT2D eigenvalue weighted by Gasteiger charge is 2.10. The average molecular weight is 367 g/mol. The zero-order valence-corrected chi connectivity index (χ0v) is 15.3. The molecule has 0 spiro atoms. The molecule has 4 nitrogen and oxygen atoms in total. The average Bonchev–Trinajstić information content (AvgIpc) is 2.75. The van der Waals surface area contributed by atoms with Crippen LogP contribution >= 0.6 is 0 Å². The molecule has 0 aliphatic carbocycles. The summed E-state index contributed by atoms with van der Waals surface area (Å²) in [6.45, 7) is -0.281. The molecule has 0 amide bonds. The number of ether oxygens (including phenoxy) is 1. The lowest BCUT2D eigenvalue weighted by Crippen LogP contribution is -2.07. The van der Waals surface area contributed by atoms with E-state index in [4.69, 9.17) is 4.74 Å². The van der Waals surface area contributed by atoms with E-state index in [1.165, 1.54) is 7.11 Å². The molecule has 0 radical (unpaired) electrons. The minimum Gasteiger partial charge on any atom is -0.464 e. The Morgan fingerprint density at radius 3 is 2.21 bits per heavy atom. The van der Waals surface area contributed by atoms with Crippen LogP contribution in [-0.4, -0.2) is 23.2 Å². The number of aliphatic hydroxyl groups excluding tert-OH is 1. The molecule has 0 saturated carbocycles. The molecule has 0 unspecified atom stereocenters. The van der Waals surface area contributed by atoms with Crippen LogP contribution in [0.3, 0.4) is 0 Å². The second-order valence-corrected chi connectivity index (χ2v) is 6.33. The van der Waals surface area contributed by atoms with Gasteiger partial charge in [0.1, 0.15) is 5.69 Å². The van der Waals surface area contributed by atoms with E-state index in [1.807, 2.05) is 24.3 Å². The first-order valence-electron chi connectivity index (χ1n) is 8.82. The van der Waals surface area contributed by atoms with E-state index in [0.717, 1.165) is 27.1 Å². The quantitative estimate of drug-likeness (QED) is 0.330. The smallest absolute Gasteiger partial charge is 0.356 e. The monoisotopic (exact) mass is 367 g/mol. The summed E-state index contributed by atoms with van der Waals surface area (Å²) in [7, 11) is 1.29. The summed E-state index contributed by atoms with van der Waals surface area (Å²) >= 11 is 0. The Morgan fingerprint density at radius 2 is 1.61 bits per heavy atom. The summed E-state index contributed by atoms with van der Waals surface area (Å²) in [5.74, 6) is 5.84. The number of rotatable bonds is 2. The largest absolute Gasteiger partial charge is 0.464 e. The van der Waals surface area contributed by atoms with Gasteiger partial charge in [-0.25, -0.2) is 9.78 Å². The summed E-state index contributed by atoms with van der Waals surface area (Å²) < 4.78 is 4.74. The third kappa shape index (κ3) is 3.32. The Bertz CT molecular complexity index is 1210. The Balaban J connectivity index is 1.92. The molecule has 0 saturated heterocycles.